The molecule has 12 heteroatoms. The molecule has 3 heterocycles. The van der Waals surface area contributed by atoms with Gasteiger partial charge in [-0.2, -0.15) is 5.10 Å². The van der Waals surface area contributed by atoms with Crippen molar-refractivity contribution in [2.75, 3.05) is 6.61 Å². The topological polar surface area (TPSA) is 113 Å². The van der Waals surface area contributed by atoms with Crippen molar-refractivity contribution >= 4 is 5.97 Å². The van der Waals surface area contributed by atoms with E-state index in [-0.39, 0.29) is 24.0 Å². The number of hydrogen-bond acceptors (Lipinski definition) is 8. The molecule has 0 aliphatic heterocycles. The number of tetrazole rings is 1. The number of ether oxygens (including phenoxy) is 1. The summed E-state index contributed by atoms with van der Waals surface area (Å²) in [6.07, 6.45) is 8.77. The molecule has 0 spiro atoms. The van der Waals surface area contributed by atoms with Gasteiger partial charge < -0.3 is 10.1 Å². The molecule has 0 radical (unpaired) electrons. The van der Waals surface area contributed by atoms with Crippen LogP contribution in [0.5, 0.6) is 0 Å². The van der Waals surface area contributed by atoms with Gasteiger partial charge in [0.25, 0.3) is 5.92 Å². The molecular formula is C23H32F2N8O2. The Kier molecular flexibility index (Phi) is 8.96. The van der Waals surface area contributed by atoms with E-state index >= 15 is 0 Å². The van der Waals surface area contributed by atoms with E-state index in [0.29, 0.717) is 31.0 Å². The number of alkyl halides is 2. The summed E-state index contributed by atoms with van der Waals surface area (Å²) in [4.78, 5) is 15.7. The second-order valence-electron chi connectivity index (χ2n) is 8.63. The Hall–Kier alpha value is -3.28. The number of esters is 1. The fourth-order valence-electron chi connectivity index (χ4n) is 3.71. The van der Waals surface area contributed by atoms with Crippen molar-refractivity contribution in [3.8, 4) is 0 Å². The van der Waals surface area contributed by atoms with Gasteiger partial charge >= 0.3 is 5.97 Å². The molecule has 0 saturated carbocycles. The third-order valence-electron chi connectivity index (χ3n) is 5.55. The van der Waals surface area contributed by atoms with Crippen molar-refractivity contribution in [3.63, 3.8) is 0 Å². The molecule has 0 aliphatic carbocycles. The number of pyridine rings is 1. The lowest BCUT2D eigenvalue weighted by Crippen LogP contribution is -2.34. The minimum absolute atomic E-state index is 0.00400. The van der Waals surface area contributed by atoms with Gasteiger partial charge in [-0.05, 0) is 60.7 Å². The van der Waals surface area contributed by atoms with Gasteiger partial charge in [-0.15, -0.1) is 5.10 Å². The van der Waals surface area contributed by atoms with Crippen molar-refractivity contribution in [1.29, 1.82) is 0 Å². The summed E-state index contributed by atoms with van der Waals surface area (Å²) in [6.45, 7) is 5.31. The molecule has 3 rings (SSSR count). The molecule has 0 aromatic carbocycles. The van der Waals surface area contributed by atoms with Gasteiger partial charge in [-0.25, -0.2) is 13.5 Å². The van der Waals surface area contributed by atoms with Crippen molar-refractivity contribution in [2.45, 2.75) is 71.0 Å². The van der Waals surface area contributed by atoms with Crippen LogP contribution < -0.4 is 5.32 Å². The maximum Gasteiger partial charge on any atom is 0.305 e. The van der Waals surface area contributed by atoms with E-state index in [1.165, 1.54) is 6.07 Å². The van der Waals surface area contributed by atoms with Gasteiger partial charge in [0.2, 0.25) is 0 Å². The lowest BCUT2D eigenvalue weighted by atomic mass is 10.0. The first-order chi connectivity index (χ1) is 16.7. The summed E-state index contributed by atoms with van der Waals surface area (Å²) in [6, 6.07) is 0.845. The molecule has 0 saturated heterocycles. The third kappa shape index (κ3) is 7.61. The van der Waals surface area contributed by atoms with E-state index in [1.54, 1.807) is 22.5 Å². The highest BCUT2D eigenvalue weighted by Gasteiger charge is 2.28. The summed E-state index contributed by atoms with van der Waals surface area (Å²) >= 11 is 0. The average molecular weight is 491 g/mol. The minimum atomic E-state index is -3.04. The number of aromatic nitrogens is 7. The molecule has 2 unspecified atom stereocenters. The molecule has 0 bridgehead atoms. The summed E-state index contributed by atoms with van der Waals surface area (Å²) in [7, 11) is 1.87. The largest absolute Gasteiger partial charge is 0.466 e. The van der Waals surface area contributed by atoms with Crippen LogP contribution in [0.25, 0.3) is 0 Å². The quantitative estimate of drug-likeness (QED) is 0.364. The van der Waals surface area contributed by atoms with Crippen molar-refractivity contribution in [1.82, 2.24) is 40.3 Å². The van der Waals surface area contributed by atoms with Crippen LogP contribution in [-0.4, -0.2) is 53.6 Å². The number of carbonyl (C=O) groups is 1. The van der Waals surface area contributed by atoms with Gasteiger partial charge in [0.1, 0.15) is 0 Å². The Bertz CT molecular complexity index is 1100. The van der Waals surface area contributed by atoms with E-state index in [9.17, 15) is 13.6 Å². The maximum atomic E-state index is 14.0. The van der Waals surface area contributed by atoms with Crippen LogP contribution in [0.2, 0.25) is 0 Å². The first kappa shape index (κ1) is 26.3. The molecule has 10 nitrogen and oxygen atoms in total. The normalized spacial score (nSPS) is 13.5. The average Bonchev–Trinajstić information content (AvgIpc) is 3.44. The van der Waals surface area contributed by atoms with Gasteiger partial charge in [0.15, 0.2) is 5.82 Å². The second-order valence-corrected chi connectivity index (χ2v) is 8.63. The van der Waals surface area contributed by atoms with Crippen LogP contribution in [0.3, 0.4) is 0 Å². The molecule has 3 aromatic rings. The summed E-state index contributed by atoms with van der Waals surface area (Å²) in [5.41, 5.74) is 1.45. The van der Waals surface area contributed by atoms with E-state index < -0.39 is 12.0 Å². The summed E-state index contributed by atoms with van der Waals surface area (Å²) in [5.74, 6) is -2.87. The molecule has 190 valence electrons. The predicted octanol–water partition coefficient (Wildman–Crippen LogP) is 2.96. The zero-order valence-electron chi connectivity index (χ0n) is 20.5. The first-order valence-corrected chi connectivity index (χ1v) is 11.7. The second kappa shape index (κ2) is 11.9. The first-order valence-electron chi connectivity index (χ1n) is 11.7. The number of carbonyl (C=O) groups excluding carboxylic acids is 1. The van der Waals surface area contributed by atoms with Crippen LogP contribution in [0.1, 0.15) is 68.6 Å². The highest BCUT2D eigenvalue weighted by Crippen LogP contribution is 2.29. The molecule has 35 heavy (non-hydrogen) atoms. The van der Waals surface area contributed by atoms with Gasteiger partial charge in [0.05, 0.1) is 18.8 Å². The van der Waals surface area contributed by atoms with Crippen molar-refractivity contribution < 1.29 is 18.3 Å². The monoisotopic (exact) mass is 490 g/mol. The molecule has 0 amide bonds. The highest BCUT2D eigenvalue weighted by atomic mass is 19.3. The Morgan fingerprint density at radius 2 is 2.09 bits per heavy atom. The number of aryl methyl sites for hydroxylation is 3. The lowest BCUT2D eigenvalue weighted by Gasteiger charge is -2.24. The lowest BCUT2D eigenvalue weighted by molar-refractivity contribution is -0.143. The number of hydrogen-bond donors (Lipinski definition) is 1. The minimum Gasteiger partial charge on any atom is -0.466 e. The number of halogens is 2. The Morgan fingerprint density at radius 1 is 1.29 bits per heavy atom. The van der Waals surface area contributed by atoms with Gasteiger partial charge in [-0.3, -0.25) is 14.5 Å². The van der Waals surface area contributed by atoms with Crippen LogP contribution in [0, 0.1) is 0 Å². The Labute approximate surface area is 203 Å². The van der Waals surface area contributed by atoms with Crippen LogP contribution in [-0.2, 0) is 35.5 Å². The summed E-state index contributed by atoms with van der Waals surface area (Å²) in [5, 5.41) is 19.7. The molecule has 0 fully saturated rings. The van der Waals surface area contributed by atoms with Crippen LogP contribution >= 0.6 is 0 Å². The van der Waals surface area contributed by atoms with Crippen molar-refractivity contribution in [2.24, 2.45) is 7.05 Å². The van der Waals surface area contributed by atoms with Gasteiger partial charge in [0, 0.05) is 57.1 Å². The third-order valence-corrected chi connectivity index (χ3v) is 5.55. The number of nitrogens with one attached hydrogen (secondary N) is 1. The molecule has 1 N–H and O–H groups in total. The standard InChI is InChI=1S/C23H32F2N8O2/c1-5-35-20(34)7-6-10-33-22(29-30-31-33)21(18-11-19(14-26-13-18)23(3,24)25)28-16(2)8-9-17-12-27-32(4)15-17/h11-16,21,28H,5-10H2,1-4H3. The number of nitrogens with zero attached hydrogens (tertiary/aromatic N) is 7. The Balaban J connectivity index is 1.81. The van der Waals surface area contributed by atoms with E-state index in [0.717, 1.165) is 31.5 Å². The summed E-state index contributed by atoms with van der Waals surface area (Å²) < 4.78 is 36.4. The fourth-order valence-corrected chi connectivity index (χ4v) is 3.71. The SMILES string of the molecule is CCOC(=O)CCCn1nnnc1C(NC(C)CCc1cnn(C)c1)c1cncc(C(C)(F)F)c1. The van der Waals surface area contributed by atoms with E-state index in [1.807, 2.05) is 26.4 Å². The highest BCUT2D eigenvalue weighted by molar-refractivity contribution is 5.69. The fraction of sp³-hybridized carbons (Fsp3) is 0.565. The molecule has 3 aromatic heterocycles. The van der Waals surface area contributed by atoms with E-state index in [2.05, 4.69) is 30.9 Å². The molecular weight excluding hydrogens is 458 g/mol. The van der Waals surface area contributed by atoms with Crippen LogP contribution in [0.4, 0.5) is 8.78 Å². The van der Waals surface area contributed by atoms with Crippen molar-refractivity contribution in [3.05, 3.63) is 53.4 Å². The maximum absolute atomic E-state index is 14.0. The molecule has 0 aliphatic rings. The van der Waals surface area contributed by atoms with Crippen LogP contribution in [0.15, 0.2) is 30.9 Å². The Morgan fingerprint density at radius 3 is 2.77 bits per heavy atom. The molecule has 2 atom stereocenters. The predicted molar refractivity (Wildman–Crippen MR) is 123 cm³/mol. The van der Waals surface area contributed by atoms with Gasteiger partial charge in [-0.1, -0.05) is 0 Å². The zero-order chi connectivity index (χ0) is 25.4. The van der Waals surface area contributed by atoms with E-state index in [4.69, 9.17) is 4.74 Å². The zero-order valence-corrected chi connectivity index (χ0v) is 20.5. The number of rotatable bonds is 13. The smallest absolute Gasteiger partial charge is 0.305 e.